The average Bonchev–Trinajstić information content (AvgIpc) is 3.24. The fourth-order valence-electron chi connectivity index (χ4n) is 3.32. The predicted octanol–water partition coefficient (Wildman–Crippen LogP) is 3.38. The standard InChI is InChI=1S/C19H27N5O2S2/c1-5-12-7-8-14-13(9-12)10-15(28-14)16-22-23-19(24(16)4)27-11(3)17(25)21-18(26)20-6-2/h10-12H,5-9H2,1-4H3,(H2,20,21,25,26)/t11-,12-/m0/s1. The van der Waals surface area contributed by atoms with E-state index >= 15 is 0 Å². The summed E-state index contributed by atoms with van der Waals surface area (Å²) in [6.45, 7) is 6.28. The van der Waals surface area contributed by atoms with E-state index in [1.54, 1.807) is 25.2 Å². The molecule has 1 aliphatic rings. The Morgan fingerprint density at radius 1 is 1.39 bits per heavy atom. The van der Waals surface area contributed by atoms with Crippen molar-refractivity contribution in [1.29, 1.82) is 0 Å². The normalized spacial score (nSPS) is 17.1. The van der Waals surface area contributed by atoms with Crippen LogP contribution in [0, 0.1) is 5.92 Å². The number of fused-ring (bicyclic) bond motifs is 1. The zero-order valence-corrected chi connectivity index (χ0v) is 18.4. The van der Waals surface area contributed by atoms with Crippen LogP contribution in [0.3, 0.4) is 0 Å². The molecule has 0 aliphatic heterocycles. The van der Waals surface area contributed by atoms with Crippen LogP contribution in [-0.2, 0) is 24.7 Å². The topological polar surface area (TPSA) is 88.9 Å². The summed E-state index contributed by atoms with van der Waals surface area (Å²) in [6, 6.07) is 1.78. The average molecular weight is 422 g/mol. The molecule has 2 N–H and O–H groups in total. The van der Waals surface area contributed by atoms with Gasteiger partial charge in [-0.2, -0.15) is 0 Å². The van der Waals surface area contributed by atoms with Gasteiger partial charge in [-0.3, -0.25) is 10.1 Å². The van der Waals surface area contributed by atoms with Gasteiger partial charge in [0.25, 0.3) is 0 Å². The summed E-state index contributed by atoms with van der Waals surface area (Å²) in [5.74, 6) is 1.26. The summed E-state index contributed by atoms with van der Waals surface area (Å²) >= 11 is 3.10. The van der Waals surface area contributed by atoms with E-state index in [1.165, 1.54) is 35.0 Å². The molecule has 0 saturated carbocycles. The van der Waals surface area contributed by atoms with E-state index in [-0.39, 0.29) is 5.91 Å². The molecule has 2 heterocycles. The lowest BCUT2D eigenvalue weighted by Gasteiger charge is -2.19. The number of hydrogen-bond donors (Lipinski definition) is 2. The van der Waals surface area contributed by atoms with E-state index in [1.807, 2.05) is 11.6 Å². The van der Waals surface area contributed by atoms with Crippen LogP contribution in [0.2, 0.25) is 0 Å². The fourth-order valence-corrected chi connectivity index (χ4v) is 5.36. The van der Waals surface area contributed by atoms with Gasteiger partial charge in [0.05, 0.1) is 10.1 Å². The van der Waals surface area contributed by atoms with Crippen molar-refractivity contribution in [1.82, 2.24) is 25.4 Å². The highest BCUT2D eigenvalue weighted by molar-refractivity contribution is 8.00. The Balaban J connectivity index is 1.70. The van der Waals surface area contributed by atoms with Crippen LogP contribution >= 0.6 is 23.1 Å². The number of carbonyl (C=O) groups is 2. The minimum atomic E-state index is -0.479. The maximum atomic E-state index is 12.2. The second kappa shape index (κ2) is 9.09. The molecule has 2 aromatic rings. The molecule has 2 atom stereocenters. The van der Waals surface area contributed by atoms with E-state index in [9.17, 15) is 9.59 Å². The van der Waals surface area contributed by atoms with Gasteiger partial charge in [-0.1, -0.05) is 25.1 Å². The van der Waals surface area contributed by atoms with Crippen molar-refractivity contribution in [2.24, 2.45) is 13.0 Å². The second-order valence-electron chi connectivity index (χ2n) is 7.05. The zero-order chi connectivity index (χ0) is 20.3. The molecule has 3 rings (SSSR count). The summed E-state index contributed by atoms with van der Waals surface area (Å²) in [5.41, 5.74) is 1.45. The molecule has 0 bridgehead atoms. The predicted molar refractivity (Wildman–Crippen MR) is 113 cm³/mol. The lowest BCUT2D eigenvalue weighted by Crippen LogP contribution is -2.42. The molecule has 0 unspecified atom stereocenters. The van der Waals surface area contributed by atoms with E-state index in [0.29, 0.717) is 11.7 Å². The Bertz CT molecular complexity index is 861. The van der Waals surface area contributed by atoms with Gasteiger partial charge in [0, 0.05) is 18.5 Å². The second-order valence-corrected chi connectivity index (χ2v) is 9.49. The van der Waals surface area contributed by atoms with Gasteiger partial charge in [-0.25, -0.2) is 4.79 Å². The highest BCUT2D eigenvalue weighted by Gasteiger charge is 2.24. The van der Waals surface area contributed by atoms with Gasteiger partial charge in [-0.15, -0.1) is 21.5 Å². The SMILES string of the molecule is CCNC(=O)NC(=O)[C@H](C)Sc1nnc(-c2cc3c(s2)CC[C@H](CC)C3)n1C. The highest BCUT2D eigenvalue weighted by atomic mass is 32.2. The quantitative estimate of drug-likeness (QED) is 0.698. The monoisotopic (exact) mass is 421 g/mol. The van der Waals surface area contributed by atoms with Crippen molar-refractivity contribution < 1.29 is 9.59 Å². The zero-order valence-electron chi connectivity index (χ0n) is 16.7. The molecule has 7 nitrogen and oxygen atoms in total. The first-order chi connectivity index (χ1) is 13.4. The Labute approximate surface area is 173 Å². The van der Waals surface area contributed by atoms with Crippen molar-refractivity contribution in [2.45, 2.75) is 56.9 Å². The smallest absolute Gasteiger partial charge is 0.321 e. The molecule has 3 amide bonds. The fraction of sp³-hybridized carbons (Fsp3) is 0.579. The van der Waals surface area contributed by atoms with Gasteiger partial charge in [-0.05, 0) is 50.7 Å². The Morgan fingerprint density at radius 2 is 2.18 bits per heavy atom. The van der Waals surface area contributed by atoms with Crippen LogP contribution in [0.1, 0.15) is 44.1 Å². The van der Waals surface area contributed by atoms with Crippen molar-refractivity contribution in [3.05, 3.63) is 16.5 Å². The third-order valence-corrected chi connectivity index (χ3v) is 7.41. The number of amides is 3. The molecule has 0 radical (unpaired) electrons. The van der Waals surface area contributed by atoms with E-state index in [0.717, 1.165) is 29.5 Å². The number of rotatable bonds is 6. The van der Waals surface area contributed by atoms with Gasteiger partial charge >= 0.3 is 6.03 Å². The first-order valence-electron chi connectivity index (χ1n) is 9.69. The van der Waals surface area contributed by atoms with Gasteiger partial charge in [0.2, 0.25) is 5.91 Å². The Kier molecular flexibility index (Phi) is 6.77. The summed E-state index contributed by atoms with van der Waals surface area (Å²) in [4.78, 5) is 26.3. The Hall–Kier alpha value is -1.87. The summed E-state index contributed by atoms with van der Waals surface area (Å²) < 4.78 is 1.93. The van der Waals surface area contributed by atoms with Crippen LogP contribution in [0.5, 0.6) is 0 Å². The van der Waals surface area contributed by atoms with Crippen molar-refractivity contribution >= 4 is 35.0 Å². The Morgan fingerprint density at radius 3 is 2.89 bits per heavy atom. The molecule has 28 heavy (non-hydrogen) atoms. The molecule has 2 aromatic heterocycles. The molecule has 0 spiro atoms. The number of aromatic nitrogens is 3. The van der Waals surface area contributed by atoms with Crippen molar-refractivity contribution in [3.8, 4) is 10.7 Å². The van der Waals surface area contributed by atoms with Crippen molar-refractivity contribution in [3.63, 3.8) is 0 Å². The van der Waals surface area contributed by atoms with Gasteiger partial charge in [0.1, 0.15) is 0 Å². The van der Waals surface area contributed by atoms with Crippen LogP contribution in [0.15, 0.2) is 11.2 Å². The number of thioether (sulfide) groups is 1. The number of carbonyl (C=O) groups excluding carboxylic acids is 2. The summed E-state index contributed by atoms with van der Waals surface area (Å²) in [5, 5.41) is 13.7. The number of urea groups is 1. The number of nitrogens with zero attached hydrogens (tertiary/aromatic N) is 3. The number of hydrogen-bond acceptors (Lipinski definition) is 6. The lowest BCUT2D eigenvalue weighted by molar-refractivity contribution is -0.119. The number of imide groups is 1. The minimum absolute atomic E-state index is 0.349. The third-order valence-electron chi connectivity index (χ3n) is 5.04. The molecular weight excluding hydrogens is 394 g/mol. The number of nitrogens with one attached hydrogen (secondary N) is 2. The molecule has 152 valence electrons. The minimum Gasteiger partial charge on any atom is -0.338 e. The molecule has 0 saturated heterocycles. The third kappa shape index (κ3) is 4.57. The first kappa shape index (κ1) is 20.9. The maximum Gasteiger partial charge on any atom is 0.321 e. The van der Waals surface area contributed by atoms with Gasteiger partial charge < -0.3 is 9.88 Å². The molecule has 9 heteroatoms. The van der Waals surface area contributed by atoms with Crippen LogP contribution in [0.25, 0.3) is 10.7 Å². The van der Waals surface area contributed by atoms with Crippen LogP contribution in [0.4, 0.5) is 4.79 Å². The largest absolute Gasteiger partial charge is 0.338 e. The van der Waals surface area contributed by atoms with Crippen LogP contribution < -0.4 is 10.6 Å². The van der Waals surface area contributed by atoms with E-state index in [4.69, 9.17) is 0 Å². The highest BCUT2D eigenvalue weighted by Crippen LogP contribution is 2.38. The first-order valence-corrected chi connectivity index (χ1v) is 11.4. The van der Waals surface area contributed by atoms with Gasteiger partial charge in [0.15, 0.2) is 11.0 Å². The maximum absolute atomic E-state index is 12.2. The van der Waals surface area contributed by atoms with Crippen LogP contribution in [-0.4, -0.2) is 38.5 Å². The number of aryl methyl sites for hydroxylation is 1. The molecule has 0 fully saturated rings. The van der Waals surface area contributed by atoms with Crippen molar-refractivity contribution in [2.75, 3.05) is 6.54 Å². The molecular formula is C19H27N5O2S2. The lowest BCUT2D eigenvalue weighted by atomic mass is 9.87. The molecule has 0 aromatic carbocycles. The van der Waals surface area contributed by atoms with E-state index in [2.05, 4.69) is 33.8 Å². The van der Waals surface area contributed by atoms with E-state index < -0.39 is 11.3 Å². The summed E-state index contributed by atoms with van der Waals surface area (Å²) in [7, 11) is 1.92. The molecule has 1 aliphatic carbocycles. The number of thiophene rings is 1. The summed E-state index contributed by atoms with van der Waals surface area (Å²) in [6.07, 6.45) is 4.79.